The van der Waals surface area contributed by atoms with Crippen LogP contribution >= 0.6 is 0 Å². The summed E-state index contributed by atoms with van der Waals surface area (Å²) in [6.45, 7) is 0.771. The van der Waals surface area contributed by atoms with Crippen LogP contribution in [0.5, 0.6) is 0 Å². The molecule has 8 nitrogen and oxygen atoms in total. The SMILES string of the molecule is NC(Cc1ccc(NC(=O)OCC2c3ccccc3-c3ccccc32)cc1)C(=O)N1CCCC1c1cncc(C(=O)c2ccc(F)cc2)c1. The third-order valence-corrected chi connectivity index (χ3v) is 9.37. The summed E-state index contributed by atoms with van der Waals surface area (Å²) >= 11 is 0. The summed E-state index contributed by atoms with van der Waals surface area (Å²) in [7, 11) is 0. The summed E-state index contributed by atoms with van der Waals surface area (Å²) < 4.78 is 19.0. The Morgan fingerprint density at radius 2 is 1.55 bits per heavy atom. The molecule has 2 unspecified atom stereocenters. The van der Waals surface area contributed by atoms with Crippen molar-refractivity contribution < 1.29 is 23.5 Å². The molecule has 2 amide bonds. The Hall–Kier alpha value is -5.67. The summed E-state index contributed by atoms with van der Waals surface area (Å²) in [5, 5.41) is 2.80. The molecule has 0 radical (unpaired) electrons. The number of likely N-dealkylation sites (tertiary alicyclic amines) is 1. The summed E-state index contributed by atoms with van der Waals surface area (Å²) in [6.07, 6.45) is 4.45. The minimum Gasteiger partial charge on any atom is -0.448 e. The van der Waals surface area contributed by atoms with Crippen molar-refractivity contribution in [2.24, 2.45) is 5.73 Å². The Kier molecular flexibility index (Phi) is 9.00. The monoisotopic (exact) mass is 654 g/mol. The largest absolute Gasteiger partial charge is 0.448 e. The third-order valence-electron chi connectivity index (χ3n) is 9.37. The van der Waals surface area contributed by atoms with Crippen molar-refractivity contribution in [3.63, 3.8) is 0 Å². The van der Waals surface area contributed by atoms with E-state index in [0.29, 0.717) is 29.8 Å². The highest BCUT2D eigenvalue weighted by Crippen LogP contribution is 2.44. The predicted octanol–water partition coefficient (Wildman–Crippen LogP) is 7.05. The first-order valence-corrected chi connectivity index (χ1v) is 16.4. The Morgan fingerprint density at radius 1 is 0.878 bits per heavy atom. The number of aromatic nitrogens is 1. The molecule has 2 aliphatic rings. The van der Waals surface area contributed by atoms with Gasteiger partial charge in [0.1, 0.15) is 12.4 Å². The lowest BCUT2D eigenvalue weighted by molar-refractivity contribution is -0.133. The van der Waals surface area contributed by atoms with Gasteiger partial charge in [0.05, 0.1) is 12.1 Å². The van der Waals surface area contributed by atoms with Gasteiger partial charge < -0.3 is 15.4 Å². The Bertz CT molecular complexity index is 1970. The fourth-order valence-electron chi connectivity index (χ4n) is 6.94. The van der Waals surface area contributed by atoms with Gasteiger partial charge in [0.25, 0.3) is 0 Å². The van der Waals surface area contributed by atoms with E-state index in [9.17, 15) is 18.8 Å². The van der Waals surface area contributed by atoms with E-state index >= 15 is 0 Å². The van der Waals surface area contributed by atoms with Gasteiger partial charge in [-0.25, -0.2) is 9.18 Å². The van der Waals surface area contributed by atoms with E-state index < -0.39 is 18.0 Å². The van der Waals surface area contributed by atoms with Crippen molar-refractivity contribution >= 4 is 23.5 Å². The Balaban J connectivity index is 0.942. The standard InChI is InChI=1S/C40H35FN4O4/c41-29-15-13-26(14-16-29)38(46)28-21-27(22-43-23-28)37-10-5-19-45(37)39(47)36(42)20-25-11-17-30(18-12-25)44-40(48)49-24-35-33-8-3-1-6-31(33)32-7-2-4-9-34(32)35/h1-4,6-9,11-18,21-23,35-37H,5,10,19-20,24,42H2,(H,44,48). The number of nitrogens with two attached hydrogens (primary N) is 1. The second kappa shape index (κ2) is 13.8. The molecule has 0 bridgehead atoms. The van der Waals surface area contributed by atoms with Crippen LogP contribution in [-0.4, -0.2) is 46.9 Å². The van der Waals surface area contributed by atoms with Crippen LogP contribution in [0.4, 0.5) is 14.9 Å². The Morgan fingerprint density at radius 3 is 2.24 bits per heavy atom. The number of benzene rings is 4. The molecular formula is C40H35FN4O4. The number of hydrogen-bond acceptors (Lipinski definition) is 6. The highest BCUT2D eigenvalue weighted by Gasteiger charge is 2.33. The maximum absolute atomic E-state index is 13.6. The first-order valence-electron chi connectivity index (χ1n) is 16.4. The number of carbonyl (C=O) groups excluding carboxylic acids is 3. The van der Waals surface area contributed by atoms with Gasteiger partial charge in [0, 0.05) is 41.7 Å². The predicted molar refractivity (Wildman–Crippen MR) is 185 cm³/mol. The summed E-state index contributed by atoms with van der Waals surface area (Å²) in [5.41, 5.74) is 14.0. The lowest BCUT2D eigenvalue weighted by Crippen LogP contribution is -2.44. The van der Waals surface area contributed by atoms with Crippen LogP contribution in [0.25, 0.3) is 11.1 Å². The van der Waals surface area contributed by atoms with Crippen molar-refractivity contribution in [3.05, 3.63) is 155 Å². The number of pyridine rings is 1. The summed E-state index contributed by atoms with van der Waals surface area (Å²) in [6, 6.07) is 29.7. The van der Waals surface area contributed by atoms with Crippen molar-refractivity contribution in [1.29, 1.82) is 0 Å². The van der Waals surface area contributed by atoms with Gasteiger partial charge in [-0.15, -0.1) is 0 Å². The Labute approximate surface area is 283 Å². The second-order valence-electron chi connectivity index (χ2n) is 12.5. The molecular weight excluding hydrogens is 619 g/mol. The molecule has 2 heterocycles. The molecule has 0 spiro atoms. The van der Waals surface area contributed by atoms with E-state index in [4.69, 9.17) is 10.5 Å². The number of nitrogens with zero attached hydrogens (tertiary/aromatic N) is 2. The molecule has 3 N–H and O–H groups in total. The first kappa shape index (κ1) is 31.9. The molecule has 1 saturated heterocycles. The molecule has 4 aromatic carbocycles. The number of ketones is 1. The highest BCUT2D eigenvalue weighted by molar-refractivity contribution is 6.08. The number of hydrogen-bond donors (Lipinski definition) is 2. The van der Waals surface area contributed by atoms with Crippen LogP contribution < -0.4 is 11.1 Å². The lowest BCUT2D eigenvalue weighted by Gasteiger charge is -2.28. The van der Waals surface area contributed by atoms with Gasteiger partial charge in [-0.1, -0.05) is 60.7 Å². The van der Waals surface area contributed by atoms with E-state index in [1.807, 2.05) is 36.4 Å². The van der Waals surface area contributed by atoms with Crippen LogP contribution in [0.2, 0.25) is 0 Å². The third kappa shape index (κ3) is 6.71. The summed E-state index contributed by atoms with van der Waals surface area (Å²) in [5.74, 6) is -0.892. The van der Waals surface area contributed by atoms with E-state index in [1.54, 1.807) is 29.3 Å². The lowest BCUT2D eigenvalue weighted by atomic mass is 9.98. The van der Waals surface area contributed by atoms with Crippen molar-refractivity contribution in [3.8, 4) is 11.1 Å². The first-order chi connectivity index (χ1) is 23.9. The number of nitrogens with one attached hydrogen (secondary N) is 1. The minimum absolute atomic E-state index is 0.0288. The van der Waals surface area contributed by atoms with Crippen molar-refractivity contribution in [2.75, 3.05) is 18.5 Å². The maximum Gasteiger partial charge on any atom is 0.411 e. The van der Waals surface area contributed by atoms with Crippen LogP contribution in [0.3, 0.4) is 0 Å². The highest BCUT2D eigenvalue weighted by atomic mass is 19.1. The smallest absolute Gasteiger partial charge is 0.411 e. The van der Waals surface area contributed by atoms with Crippen LogP contribution in [0, 0.1) is 5.82 Å². The number of rotatable bonds is 9. The molecule has 1 fully saturated rings. The molecule has 7 rings (SSSR count). The molecule has 9 heteroatoms. The molecule has 246 valence electrons. The second-order valence-corrected chi connectivity index (χ2v) is 12.5. The van der Waals surface area contributed by atoms with Gasteiger partial charge >= 0.3 is 6.09 Å². The number of ether oxygens (including phenoxy) is 1. The van der Waals surface area contributed by atoms with Gasteiger partial charge in [-0.2, -0.15) is 0 Å². The average molecular weight is 655 g/mol. The van der Waals surface area contributed by atoms with Crippen molar-refractivity contribution in [2.45, 2.75) is 37.3 Å². The van der Waals surface area contributed by atoms with Crippen LogP contribution in [0.1, 0.15) is 63.0 Å². The molecule has 2 atom stereocenters. The van der Waals surface area contributed by atoms with Crippen molar-refractivity contribution in [1.82, 2.24) is 9.88 Å². The molecule has 49 heavy (non-hydrogen) atoms. The summed E-state index contributed by atoms with van der Waals surface area (Å²) in [4.78, 5) is 45.3. The number of amides is 2. The number of carbonyl (C=O) groups is 3. The molecule has 0 saturated carbocycles. The zero-order chi connectivity index (χ0) is 33.9. The zero-order valence-corrected chi connectivity index (χ0v) is 26.7. The average Bonchev–Trinajstić information content (AvgIpc) is 3.75. The number of halogens is 1. The van der Waals surface area contributed by atoms with Gasteiger partial charge in [-0.05, 0) is 95.1 Å². The minimum atomic E-state index is -0.779. The fourth-order valence-corrected chi connectivity index (χ4v) is 6.94. The molecule has 1 aliphatic heterocycles. The van der Waals surface area contributed by atoms with E-state index in [1.165, 1.54) is 41.6 Å². The normalized spacial score (nSPS) is 15.7. The van der Waals surface area contributed by atoms with E-state index in [0.717, 1.165) is 35.1 Å². The van der Waals surface area contributed by atoms with Gasteiger partial charge in [-0.3, -0.25) is 19.9 Å². The number of anilines is 1. The van der Waals surface area contributed by atoms with Gasteiger partial charge in [0.15, 0.2) is 5.78 Å². The molecule has 5 aromatic rings. The topological polar surface area (TPSA) is 115 Å². The van der Waals surface area contributed by atoms with Crippen LogP contribution in [-0.2, 0) is 16.0 Å². The molecule has 1 aromatic heterocycles. The quantitative estimate of drug-likeness (QED) is 0.165. The fraction of sp³-hybridized carbons (Fsp3) is 0.200. The van der Waals surface area contributed by atoms with Crippen LogP contribution in [0.15, 0.2) is 116 Å². The number of fused-ring (bicyclic) bond motifs is 3. The molecule has 1 aliphatic carbocycles. The zero-order valence-electron chi connectivity index (χ0n) is 26.7. The van der Waals surface area contributed by atoms with Gasteiger partial charge in [0.2, 0.25) is 5.91 Å². The van der Waals surface area contributed by atoms with E-state index in [2.05, 4.69) is 34.6 Å². The maximum atomic E-state index is 13.6. The van der Waals surface area contributed by atoms with E-state index in [-0.39, 0.29) is 30.3 Å².